The molecule has 1 aliphatic rings. The molecule has 0 fully saturated rings. The molecule has 0 unspecified atom stereocenters. The maximum atomic E-state index is 10.6. The first-order valence-corrected chi connectivity index (χ1v) is 5.02. The summed E-state index contributed by atoms with van der Waals surface area (Å²) >= 11 is 0. The third-order valence-electron chi connectivity index (χ3n) is 2.45. The summed E-state index contributed by atoms with van der Waals surface area (Å²) in [5.74, 6) is 0.809. The highest BCUT2D eigenvalue weighted by Gasteiger charge is 2.15. The minimum absolute atomic E-state index is 0.389. The first kappa shape index (κ1) is 9.83. The van der Waals surface area contributed by atoms with Gasteiger partial charge in [0, 0.05) is 12.2 Å². The second kappa shape index (κ2) is 4.21. The number of carbonyl (C=O) groups excluding carboxylic acids is 1. The van der Waals surface area contributed by atoms with E-state index in [0.29, 0.717) is 18.8 Å². The van der Waals surface area contributed by atoms with E-state index >= 15 is 0 Å². The number of nitrogens with zero attached hydrogens (tertiary/aromatic N) is 1. The van der Waals surface area contributed by atoms with Gasteiger partial charge in [0.1, 0.15) is 12.0 Å². The third kappa shape index (κ3) is 2.03. The van der Waals surface area contributed by atoms with E-state index in [1.807, 2.05) is 23.1 Å². The molecule has 1 aliphatic heterocycles. The molecule has 0 aliphatic carbocycles. The normalized spacial score (nSPS) is 15.1. The summed E-state index contributed by atoms with van der Waals surface area (Å²) in [5.41, 5.74) is 7.33. The van der Waals surface area contributed by atoms with Gasteiger partial charge in [0.2, 0.25) is 0 Å². The molecule has 0 spiro atoms. The van der Waals surface area contributed by atoms with E-state index in [1.54, 1.807) is 0 Å². The molecule has 4 heteroatoms. The average Bonchev–Trinajstić information content (AvgIpc) is 2.42. The van der Waals surface area contributed by atoms with E-state index in [0.717, 1.165) is 30.7 Å². The van der Waals surface area contributed by atoms with Gasteiger partial charge < -0.3 is 20.2 Å². The van der Waals surface area contributed by atoms with Crippen LogP contribution in [0.5, 0.6) is 5.75 Å². The first-order valence-electron chi connectivity index (χ1n) is 5.02. The molecule has 0 amide bonds. The molecule has 2 N–H and O–H groups in total. The Hall–Kier alpha value is -1.71. The summed E-state index contributed by atoms with van der Waals surface area (Å²) in [7, 11) is 0. The first-order chi connectivity index (χ1) is 7.31. The average molecular weight is 206 g/mol. The molecule has 1 heterocycles. The molecule has 1 aromatic rings. The monoisotopic (exact) mass is 206 g/mol. The Morgan fingerprint density at radius 2 is 2.40 bits per heavy atom. The van der Waals surface area contributed by atoms with Crippen molar-refractivity contribution in [3.63, 3.8) is 0 Å². The van der Waals surface area contributed by atoms with Crippen molar-refractivity contribution in [1.82, 2.24) is 0 Å². The summed E-state index contributed by atoms with van der Waals surface area (Å²) in [6.07, 6.45) is 1.82. The van der Waals surface area contributed by atoms with Crippen LogP contribution in [0.1, 0.15) is 6.42 Å². The predicted molar refractivity (Wildman–Crippen MR) is 59.2 cm³/mol. The number of hydrogen-bond donors (Lipinski definition) is 1. The van der Waals surface area contributed by atoms with Crippen molar-refractivity contribution < 1.29 is 9.53 Å². The van der Waals surface area contributed by atoms with Crippen LogP contribution in [0.4, 0.5) is 11.4 Å². The summed E-state index contributed by atoms with van der Waals surface area (Å²) < 4.78 is 5.57. The van der Waals surface area contributed by atoms with E-state index in [9.17, 15) is 4.79 Å². The topological polar surface area (TPSA) is 55.6 Å². The lowest BCUT2D eigenvalue weighted by atomic mass is 10.2. The molecule has 0 aromatic heterocycles. The molecule has 4 nitrogen and oxygen atoms in total. The highest BCUT2D eigenvalue weighted by molar-refractivity contribution is 5.69. The molecule has 80 valence electrons. The Kier molecular flexibility index (Phi) is 2.76. The molecule has 0 bridgehead atoms. The number of aldehydes is 1. The number of carbonyl (C=O) groups is 1. The smallest absolute Gasteiger partial charge is 0.142 e. The van der Waals surface area contributed by atoms with Crippen LogP contribution in [0.2, 0.25) is 0 Å². The van der Waals surface area contributed by atoms with Gasteiger partial charge in [-0.3, -0.25) is 0 Å². The summed E-state index contributed by atoms with van der Waals surface area (Å²) in [5, 5.41) is 0. The quantitative estimate of drug-likeness (QED) is 0.580. The van der Waals surface area contributed by atoms with Crippen LogP contribution in [0.3, 0.4) is 0 Å². The molecule has 0 saturated carbocycles. The van der Waals surface area contributed by atoms with Gasteiger partial charge in [0.15, 0.2) is 0 Å². The number of nitrogens with two attached hydrogens (primary N) is 1. The largest absolute Gasteiger partial charge is 0.491 e. The maximum absolute atomic E-state index is 10.6. The number of anilines is 2. The SMILES string of the molecule is Nc1ccc2c(c1)N(CC=O)CCCO2. The Morgan fingerprint density at radius 3 is 3.20 bits per heavy atom. The zero-order valence-corrected chi connectivity index (χ0v) is 8.48. The van der Waals surface area contributed by atoms with Crippen molar-refractivity contribution in [3.8, 4) is 5.75 Å². The molecule has 0 saturated heterocycles. The molecule has 0 atom stereocenters. The van der Waals surface area contributed by atoms with Crippen LogP contribution in [0.15, 0.2) is 18.2 Å². The van der Waals surface area contributed by atoms with Crippen LogP contribution in [-0.4, -0.2) is 26.0 Å². The summed E-state index contributed by atoms with van der Waals surface area (Å²) in [6, 6.07) is 5.52. The number of nitrogen functional groups attached to an aromatic ring is 1. The Balaban J connectivity index is 2.37. The lowest BCUT2D eigenvalue weighted by Crippen LogP contribution is -2.25. The van der Waals surface area contributed by atoms with Crippen LogP contribution < -0.4 is 15.4 Å². The maximum Gasteiger partial charge on any atom is 0.142 e. The van der Waals surface area contributed by atoms with E-state index in [4.69, 9.17) is 10.5 Å². The van der Waals surface area contributed by atoms with Crippen molar-refractivity contribution in [3.05, 3.63) is 18.2 Å². The fourth-order valence-electron chi connectivity index (χ4n) is 1.74. The van der Waals surface area contributed by atoms with Crippen LogP contribution in [0, 0.1) is 0 Å². The van der Waals surface area contributed by atoms with Crippen LogP contribution in [-0.2, 0) is 4.79 Å². The lowest BCUT2D eigenvalue weighted by Gasteiger charge is -2.21. The number of ether oxygens (including phenoxy) is 1. The number of benzene rings is 1. The lowest BCUT2D eigenvalue weighted by molar-refractivity contribution is -0.106. The van der Waals surface area contributed by atoms with Crippen molar-refractivity contribution >= 4 is 17.7 Å². The van der Waals surface area contributed by atoms with Gasteiger partial charge in [-0.05, 0) is 24.6 Å². The van der Waals surface area contributed by atoms with E-state index in [1.165, 1.54) is 0 Å². The van der Waals surface area contributed by atoms with Gasteiger partial charge in [-0.15, -0.1) is 0 Å². The van der Waals surface area contributed by atoms with Crippen molar-refractivity contribution in [1.29, 1.82) is 0 Å². The Labute approximate surface area is 88.6 Å². The second-order valence-corrected chi connectivity index (χ2v) is 3.54. The van der Waals surface area contributed by atoms with Crippen LogP contribution >= 0.6 is 0 Å². The van der Waals surface area contributed by atoms with Crippen molar-refractivity contribution in [2.24, 2.45) is 0 Å². The van der Waals surface area contributed by atoms with Gasteiger partial charge in [-0.25, -0.2) is 0 Å². The predicted octanol–water partition coefficient (Wildman–Crippen LogP) is 1.06. The molecule has 0 radical (unpaired) electrons. The Bertz CT molecular complexity index is 366. The standard InChI is InChI=1S/C11H14N2O2/c12-9-2-3-11-10(8-9)13(5-6-14)4-1-7-15-11/h2-3,6,8H,1,4-5,7,12H2. The minimum atomic E-state index is 0.389. The molecular weight excluding hydrogens is 192 g/mol. The Morgan fingerprint density at radius 1 is 1.53 bits per heavy atom. The molecule has 2 rings (SSSR count). The number of rotatable bonds is 2. The van der Waals surface area contributed by atoms with Gasteiger partial charge in [0.05, 0.1) is 18.8 Å². The zero-order chi connectivity index (χ0) is 10.7. The molecule has 15 heavy (non-hydrogen) atoms. The van der Waals surface area contributed by atoms with E-state index < -0.39 is 0 Å². The van der Waals surface area contributed by atoms with Gasteiger partial charge in [-0.1, -0.05) is 0 Å². The third-order valence-corrected chi connectivity index (χ3v) is 2.45. The molecule has 1 aromatic carbocycles. The van der Waals surface area contributed by atoms with Crippen LogP contribution in [0.25, 0.3) is 0 Å². The minimum Gasteiger partial charge on any atom is -0.491 e. The van der Waals surface area contributed by atoms with E-state index in [2.05, 4.69) is 0 Å². The fraction of sp³-hybridized carbons (Fsp3) is 0.364. The molecular formula is C11H14N2O2. The highest BCUT2D eigenvalue weighted by Crippen LogP contribution is 2.32. The van der Waals surface area contributed by atoms with Crippen molar-refractivity contribution in [2.75, 3.05) is 30.3 Å². The highest BCUT2D eigenvalue weighted by atomic mass is 16.5. The fourth-order valence-corrected chi connectivity index (χ4v) is 1.74. The van der Waals surface area contributed by atoms with Crippen molar-refractivity contribution in [2.45, 2.75) is 6.42 Å². The number of fused-ring (bicyclic) bond motifs is 1. The number of hydrogen-bond acceptors (Lipinski definition) is 4. The van der Waals surface area contributed by atoms with E-state index in [-0.39, 0.29) is 0 Å². The van der Waals surface area contributed by atoms with Gasteiger partial charge in [0.25, 0.3) is 0 Å². The zero-order valence-electron chi connectivity index (χ0n) is 8.48. The van der Waals surface area contributed by atoms with Gasteiger partial charge in [-0.2, -0.15) is 0 Å². The van der Waals surface area contributed by atoms with Gasteiger partial charge >= 0.3 is 0 Å². The second-order valence-electron chi connectivity index (χ2n) is 3.54. The summed E-state index contributed by atoms with van der Waals surface area (Å²) in [4.78, 5) is 12.6. The summed E-state index contributed by atoms with van der Waals surface area (Å²) in [6.45, 7) is 1.90.